The Bertz CT molecular complexity index is 349. The van der Waals surface area contributed by atoms with E-state index in [1.165, 1.54) is 0 Å². The first-order valence-corrected chi connectivity index (χ1v) is 4.84. The van der Waals surface area contributed by atoms with E-state index in [9.17, 15) is 9.59 Å². The maximum atomic E-state index is 11.5. The van der Waals surface area contributed by atoms with E-state index in [2.05, 4.69) is 11.4 Å². The molecular weight excluding hydrogens is 182 g/mol. The van der Waals surface area contributed by atoms with Crippen molar-refractivity contribution >= 4 is 11.8 Å². The van der Waals surface area contributed by atoms with Gasteiger partial charge in [0.15, 0.2) is 0 Å². The molecule has 2 heterocycles. The molecule has 0 aromatic heterocycles. The minimum absolute atomic E-state index is 0.134. The van der Waals surface area contributed by atoms with Gasteiger partial charge in [-0.3, -0.25) is 14.9 Å². The molecule has 3 rings (SSSR count). The van der Waals surface area contributed by atoms with Gasteiger partial charge in [-0.2, -0.15) is 0 Å². The Labute approximate surface area is 81.3 Å². The molecular formula is C10H11NO3. The lowest BCUT2D eigenvalue weighted by Gasteiger charge is -2.26. The van der Waals surface area contributed by atoms with Gasteiger partial charge in [0.05, 0.1) is 18.6 Å². The minimum atomic E-state index is -0.209. The molecule has 0 radical (unpaired) electrons. The first-order valence-electron chi connectivity index (χ1n) is 4.84. The number of nitrogens with one attached hydrogen (secondary N) is 1. The molecule has 2 aliphatic heterocycles. The normalized spacial score (nSPS) is 44.9. The Kier molecular flexibility index (Phi) is 1.43. The topological polar surface area (TPSA) is 55.4 Å². The zero-order valence-electron chi connectivity index (χ0n) is 7.66. The van der Waals surface area contributed by atoms with Crippen molar-refractivity contribution < 1.29 is 14.3 Å². The molecule has 1 N–H and O–H groups in total. The zero-order chi connectivity index (χ0) is 9.76. The lowest BCUT2D eigenvalue weighted by atomic mass is 9.75. The van der Waals surface area contributed by atoms with Crippen molar-refractivity contribution in [3.63, 3.8) is 0 Å². The number of ether oxygens (including phenoxy) is 1. The summed E-state index contributed by atoms with van der Waals surface area (Å²) in [6.07, 6.45) is 5.40. The van der Waals surface area contributed by atoms with Gasteiger partial charge in [0.1, 0.15) is 0 Å². The molecule has 3 atom stereocenters. The van der Waals surface area contributed by atoms with Crippen LogP contribution in [-0.4, -0.2) is 24.5 Å². The monoisotopic (exact) mass is 193 g/mol. The molecule has 0 aromatic rings. The summed E-state index contributed by atoms with van der Waals surface area (Å²) in [6.45, 7) is 0.583. The van der Waals surface area contributed by atoms with Gasteiger partial charge in [0.2, 0.25) is 11.8 Å². The second kappa shape index (κ2) is 2.45. The summed E-state index contributed by atoms with van der Waals surface area (Å²) in [5, 5.41) is 2.35. The first kappa shape index (κ1) is 8.17. The molecule has 3 aliphatic rings. The number of fused-ring (bicyclic) bond motifs is 2. The highest BCUT2D eigenvalue weighted by Gasteiger charge is 2.53. The number of imide groups is 1. The van der Waals surface area contributed by atoms with Gasteiger partial charge < -0.3 is 4.74 Å². The van der Waals surface area contributed by atoms with Crippen molar-refractivity contribution in [1.29, 1.82) is 0 Å². The number of rotatable bonds is 1. The highest BCUT2D eigenvalue weighted by molar-refractivity contribution is 6.04. The van der Waals surface area contributed by atoms with Crippen LogP contribution in [0, 0.1) is 11.3 Å². The maximum absolute atomic E-state index is 11.5. The zero-order valence-corrected chi connectivity index (χ0v) is 7.66. The number of carbonyl (C=O) groups is 2. The van der Waals surface area contributed by atoms with Crippen LogP contribution in [0.5, 0.6) is 0 Å². The van der Waals surface area contributed by atoms with Crippen molar-refractivity contribution in [2.75, 3.05) is 6.61 Å². The Hall–Kier alpha value is -1.16. The third-order valence-electron chi connectivity index (χ3n) is 3.45. The van der Waals surface area contributed by atoms with Crippen LogP contribution < -0.4 is 5.32 Å². The standard InChI is InChI=1S/C10H11NO3/c12-8-3-7(9(13)11-8)10-2-1-6(4-10)14-5-10/h1-2,6-7H,3-5H2,(H,11,12,13). The van der Waals surface area contributed by atoms with Gasteiger partial charge >= 0.3 is 0 Å². The molecule has 0 spiro atoms. The van der Waals surface area contributed by atoms with E-state index in [-0.39, 0.29) is 29.3 Å². The molecule has 14 heavy (non-hydrogen) atoms. The van der Waals surface area contributed by atoms with Crippen molar-refractivity contribution in [3.05, 3.63) is 12.2 Å². The van der Waals surface area contributed by atoms with Gasteiger partial charge in [-0.05, 0) is 6.42 Å². The molecule has 4 nitrogen and oxygen atoms in total. The van der Waals surface area contributed by atoms with E-state index >= 15 is 0 Å². The summed E-state index contributed by atoms with van der Waals surface area (Å²) in [5.41, 5.74) is -0.194. The lowest BCUT2D eigenvalue weighted by Crippen LogP contribution is -2.34. The molecule has 4 heteroatoms. The Morgan fingerprint density at radius 1 is 1.50 bits per heavy atom. The van der Waals surface area contributed by atoms with E-state index < -0.39 is 0 Å². The first-order chi connectivity index (χ1) is 6.70. The van der Waals surface area contributed by atoms with Crippen molar-refractivity contribution in [3.8, 4) is 0 Å². The second-order valence-electron chi connectivity index (χ2n) is 4.31. The molecule has 2 bridgehead atoms. The fourth-order valence-electron chi connectivity index (χ4n) is 2.67. The summed E-state index contributed by atoms with van der Waals surface area (Å²) in [4.78, 5) is 22.6. The number of amides is 2. The quantitative estimate of drug-likeness (QED) is 0.471. The number of hydrogen-bond donors (Lipinski definition) is 1. The summed E-state index contributed by atoms with van der Waals surface area (Å²) in [7, 11) is 0. The average Bonchev–Trinajstić information content (AvgIpc) is 2.79. The molecule has 1 aliphatic carbocycles. The van der Waals surface area contributed by atoms with Crippen LogP contribution in [0.2, 0.25) is 0 Å². The smallest absolute Gasteiger partial charge is 0.231 e. The number of carbonyl (C=O) groups excluding carboxylic acids is 2. The summed E-state index contributed by atoms with van der Waals surface area (Å²) < 4.78 is 5.47. The van der Waals surface area contributed by atoms with Crippen LogP contribution in [-0.2, 0) is 14.3 Å². The molecule has 0 aromatic carbocycles. The van der Waals surface area contributed by atoms with Crippen molar-refractivity contribution in [2.24, 2.45) is 11.3 Å². The van der Waals surface area contributed by atoms with Gasteiger partial charge in [0.25, 0.3) is 0 Å². The largest absolute Gasteiger partial charge is 0.373 e. The predicted octanol–water partition coefficient (Wildman–Crippen LogP) is -0.00580. The fraction of sp³-hybridized carbons (Fsp3) is 0.600. The molecule has 2 saturated heterocycles. The van der Waals surface area contributed by atoms with Gasteiger partial charge in [-0.25, -0.2) is 0 Å². The van der Waals surface area contributed by atoms with Crippen LogP contribution >= 0.6 is 0 Å². The second-order valence-corrected chi connectivity index (χ2v) is 4.31. The molecule has 2 fully saturated rings. The third kappa shape index (κ3) is 0.917. The van der Waals surface area contributed by atoms with E-state index in [0.29, 0.717) is 13.0 Å². The summed E-state index contributed by atoms with van der Waals surface area (Å²) in [5.74, 6) is -0.498. The Balaban J connectivity index is 1.92. The van der Waals surface area contributed by atoms with Crippen LogP contribution in [0.25, 0.3) is 0 Å². The van der Waals surface area contributed by atoms with Crippen LogP contribution in [0.3, 0.4) is 0 Å². The summed E-state index contributed by atoms with van der Waals surface area (Å²) in [6, 6.07) is 0. The van der Waals surface area contributed by atoms with Gasteiger partial charge in [-0.15, -0.1) is 0 Å². The number of hydrogen-bond acceptors (Lipinski definition) is 3. The van der Waals surface area contributed by atoms with E-state index in [4.69, 9.17) is 4.74 Å². The Morgan fingerprint density at radius 2 is 2.36 bits per heavy atom. The highest BCUT2D eigenvalue weighted by Crippen LogP contribution is 2.48. The van der Waals surface area contributed by atoms with Crippen LogP contribution in [0.1, 0.15) is 12.8 Å². The molecule has 2 amide bonds. The van der Waals surface area contributed by atoms with E-state index in [1.54, 1.807) is 0 Å². The van der Waals surface area contributed by atoms with Gasteiger partial charge in [-0.1, -0.05) is 12.2 Å². The molecule has 0 saturated carbocycles. The Morgan fingerprint density at radius 3 is 2.79 bits per heavy atom. The average molecular weight is 193 g/mol. The maximum Gasteiger partial charge on any atom is 0.231 e. The van der Waals surface area contributed by atoms with E-state index in [1.807, 2.05) is 6.08 Å². The highest BCUT2D eigenvalue weighted by atomic mass is 16.5. The van der Waals surface area contributed by atoms with E-state index in [0.717, 1.165) is 6.42 Å². The van der Waals surface area contributed by atoms with Crippen molar-refractivity contribution in [2.45, 2.75) is 18.9 Å². The van der Waals surface area contributed by atoms with Crippen LogP contribution in [0.15, 0.2) is 12.2 Å². The van der Waals surface area contributed by atoms with Crippen LogP contribution in [0.4, 0.5) is 0 Å². The lowest BCUT2D eigenvalue weighted by molar-refractivity contribution is -0.127. The minimum Gasteiger partial charge on any atom is -0.373 e. The predicted molar refractivity (Wildman–Crippen MR) is 47.2 cm³/mol. The van der Waals surface area contributed by atoms with Crippen molar-refractivity contribution in [1.82, 2.24) is 5.32 Å². The van der Waals surface area contributed by atoms with Gasteiger partial charge in [0, 0.05) is 11.8 Å². The molecule has 3 unspecified atom stereocenters. The summed E-state index contributed by atoms with van der Waals surface area (Å²) >= 11 is 0. The molecule has 74 valence electrons. The fourth-order valence-corrected chi connectivity index (χ4v) is 2.67. The SMILES string of the molecule is O=C1CC(C23C=CC(C2)OC3)C(=O)N1. The third-order valence-corrected chi connectivity index (χ3v) is 3.45.